The summed E-state index contributed by atoms with van der Waals surface area (Å²) in [5, 5.41) is 4.56. The SMILES string of the molecule is CC[C@H](CBr)NCCc1ccccc1. The normalized spacial score (nSPS) is 12.7. The van der Waals surface area contributed by atoms with Gasteiger partial charge in [-0.3, -0.25) is 0 Å². The summed E-state index contributed by atoms with van der Waals surface area (Å²) >= 11 is 3.50. The number of alkyl halides is 1. The molecule has 1 atom stereocenters. The number of benzene rings is 1. The number of hydrogen-bond donors (Lipinski definition) is 1. The molecule has 0 saturated heterocycles. The Hall–Kier alpha value is -0.340. The first-order chi connectivity index (χ1) is 6.86. The third kappa shape index (κ3) is 4.25. The van der Waals surface area contributed by atoms with E-state index in [-0.39, 0.29) is 0 Å². The molecule has 0 spiro atoms. The fourth-order valence-electron chi connectivity index (χ4n) is 1.37. The first-order valence-corrected chi connectivity index (χ1v) is 6.32. The highest BCUT2D eigenvalue weighted by Crippen LogP contribution is 2.00. The second-order valence-electron chi connectivity index (χ2n) is 3.45. The Bertz CT molecular complexity index is 231. The zero-order chi connectivity index (χ0) is 10.2. The lowest BCUT2D eigenvalue weighted by Gasteiger charge is -2.13. The van der Waals surface area contributed by atoms with Crippen LogP contribution in [-0.4, -0.2) is 17.9 Å². The first-order valence-electron chi connectivity index (χ1n) is 5.20. The third-order valence-corrected chi connectivity index (χ3v) is 3.15. The average molecular weight is 256 g/mol. The van der Waals surface area contributed by atoms with E-state index in [4.69, 9.17) is 0 Å². The summed E-state index contributed by atoms with van der Waals surface area (Å²) in [6.45, 7) is 3.27. The van der Waals surface area contributed by atoms with Crippen molar-refractivity contribution in [1.82, 2.24) is 5.32 Å². The predicted octanol–water partition coefficient (Wildman–Crippen LogP) is 2.99. The predicted molar refractivity (Wildman–Crippen MR) is 66.0 cm³/mol. The molecule has 0 aliphatic carbocycles. The lowest BCUT2D eigenvalue weighted by molar-refractivity contribution is 0.546. The van der Waals surface area contributed by atoms with E-state index in [1.165, 1.54) is 12.0 Å². The van der Waals surface area contributed by atoms with Crippen molar-refractivity contribution in [3.05, 3.63) is 35.9 Å². The Labute approximate surface area is 95.0 Å². The van der Waals surface area contributed by atoms with Crippen LogP contribution in [0.2, 0.25) is 0 Å². The minimum absolute atomic E-state index is 0.610. The first kappa shape index (κ1) is 11.7. The van der Waals surface area contributed by atoms with Crippen molar-refractivity contribution in [3.63, 3.8) is 0 Å². The summed E-state index contributed by atoms with van der Waals surface area (Å²) in [5.74, 6) is 0. The molecule has 0 aliphatic rings. The number of halogens is 1. The van der Waals surface area contributed by atoms with Crippen molar-refractivity contribution in [1.29, 1.82) is 0 Å². The molecule has 1 nitrogen and oxygen atoms in total. The molecule has 2 heteroatoms. The third-order valence-electron chi connectivity index (χ3n) is 2.37. The van der Waals surface area contributed by atoms with Gasteiger partial charge in [0.1, 0.15) is 0 Å². The summed E-state index contributed by atoms with van der Waals surface area (Å²) in [6.07, 6.45) is 2.30. The molecule has 0 radical (unpaired) electrons. The Morgan fingerprint density at radius 1 is 1.29 bits per heavy atom. The zero-order valence-corrected chi connectivity index (χ0v) is 10.3. The van der Waals surface area contributed by atoms with Crippen molar-refractivity contribution in [2.45, 2.75) is 25.8 Å². The number of nitrogens with one attached hydrogen (secondary N) is 1. The number of rotatable bonds is 6. The van der Waals surface area contributed by atoms with E-state index in [2.05, 4.69) is 58.5 Å². The van der Waals surface area contributed by atoms with Gasteiger partial charge in [0.15, 0.2) is 0 Å². The summed E-state index contributed by atoms with van der Waals surface area (Å²) in [6, 6.07) is 11.2. The van der Waals surface area contributed by atoms with Gasteiger partial charge >= 0.3 is 0 Å². The molecular formula is C12H18BrN. The van der Waals surface area contributed by atoms with Crippen molar-refractivity contribution in [2.75, 3.05) is 11.9 Å². The largest absolute Gasteiger partial charge is 0.313 e. The average Bonchev–Trinajstić information content (AvgIpc) is 2.26. The van der Waals surface area contributed by atoms with Crippen molar-refractivity contribution >= 4 is 15.9 Å². The Morgan fingerprint density at radius 2 is 2.00 bits per heavy atom. The van der Waals surface area contributed by atoms with Gasteiger partial charge in [-0.25, -0.2) is 0 Å². The minimum atomic E-state index is 0.610. The molecule has 1 N–H and O–H groups in total. The van der Waals surface area contributed by atoms with Gasteiger partial charge in [-0.15, -0.1) is 0 Å². The van der Waals surface area contributed by atoms with Gasteiger partial charge < -0.3 is 5.32 Å². The van der Waals surface area contributed by atoms with Crippen LogP contribution in [0.3, 0.4) is 0 Å². The minimum Gasteiger partial charge on any atom is -0.313 e. The fraction of sp³-hybridized carbons (Fsp3) is 0.500. The van der Waals surface area contributed by atoms with Crippen LogP contribution in [0.5, 0.6) is 0 Å². The molecule has 0 heterocycles. The molecule has 0 bridgehead atoms. The summed E-state index contributed by atoms with van der Waals surface area (Å²) < 4.78 is 0. The van der Waals surface area contributed by atoms with Gasteiger partial charge in [0.2, 0.25) is 0 Å². The van der Waals surface area contributed by atoms with Crippen LogP contribution in [0, 0.1) is 0 Å². The Kier molecular flexibility index (Phi) is 5.88. The van der Waals surface area contributed by atoms with Crippen LogP contribution < -0.4 is 5.32 Å². The molecule has 0 fully saturated rings. The molecule has 1 aromatic rings. The molecule has 0 unspecified atom stereocenters. The van der Waals surface area contributed by atoms with E-state index in [1.807, 2.05) is 0 Å². The van der Waals surface area contributed by atoms with E-state index in [0.717, 1.165) is 18.3 Å². The molecule has 0 aromatic heterocycles. The molecule has 0 aliphatic heterocycles. The van der Waals surface area contributed by atoms with Gasteiger partial charge in [0.05, 0.1) is 0 Å². The maximum Gasteiger partial charge on any atom is 0.0185 e. The maximum absolute atomic E-state index is 3.52. The highest BCUT2D eigenvalue weighted by atomic mass is 79.9. The Morgan fingerprint density at radius 3 is 2.57 bits per heavy atom. The van der Waals surface area contributed by atoms with Crippen LogP contribution >= 0.6 is 15.9 Å². The fourth-order valence-corrected chi connectivity index (χ4v) is 2.06. The molecule has 78 valence electrons. The molecule has 14 heavy (non-hydrogen) atoms. The van der Waals surface area contributed by atoms with Crippen LogP contribution in [-0.2, 0) is 6.42 Å². The topological polar surface area (TPSA) is 12.0 Å². The molecular weight excluding hydrogens is 238 g/mol. The second-order valence-corrected chi connectivity index (χ2v) is 4.10. The molecule has 1 aromatic carbocycles. The van der Waals surface area contributed by atoms with Gasteiger partial charge in [-0.2, -0.15) is 0 Å². The van der Waals surface area contributed by atoms with Crippen LogP contribution in [0.25, 0.3) is 0 Å². The van der Waals surface area contributed by atoms with Crippen LogP contribution in [0.15, 0.2) is 30.3 Å². The van der Waals surface area contributed by atoms with Gasteiger partial charge in [0, 0.05) is 11.4 Å². The van der Waals surface area contributed by atoms with Crippen LogP contribution in [0.4, 0.5) is 0 Å². The summed E-state index contributed by atoms with van der Waals surface area (Å²) in [7, 11) is 0. The molecule has 0 saturated carbocycles. The lowest BCUT2D eigenvalue weighted by atomic mass is 10.1. The second kappa shape index (κ2) is 7.02. The number of hydrogen-bond acceptors (Lipinski definition) is 1. The Balaban J connectivity index is 2.21. The van der Waals surface area contributed by atoms with Crippen molar-refractivity contribution < 1.29 is 0 Å². The summed E-state index contributed by atoms with van der Waals surface area (Å²) in [5.41, 5.74) is 1.41. The van der Waals surface area contributed by atoms with Gasteiger partial charge in [0.25, 0.3) is 0 Å². The van der Waals surface area contributed by atoms with Crippen LogP contribution in [0.1, 0.15) is 18.9 Å². The van der Waals surface area contributed by atoms with E-state index in [9.17, 15) is 0 Å². The van der Waals surface area contributed by atoms with Gasteiger partial charge in [-0.05, 0) is 24.9 Å². The quantitative estimate of drug-likeness (QED) is 0.771. The van der Waals surface area contributed by atoms with E-state index in [1.54, 1.807) is 0 Å². The highest BCUT2D eigenvalue weighted by molar-refractivity contribution is 9.09. The zero-order valence-electron chi connectivity index (χ0n) is 8.67. The highest BCUT2D eigenvalue weighted by Gasteiger charge is 2.01. The van der Waals surface area contributed by atoms with Crippen molar-refractivity contribution in [2.24, 2.45) is 0 Å². The van der Waals surface area contributed by atoms with E-state index < -0.39 is 0 Å². The molecule has 0 amide bonds. The standard InChI is InChI=1S/C12H18BrN/c1-2-12(10-13)14-9-8-11-6-4-3-5-7-11/h3-7,12,14H,2,8-10H2,1H3/t12-/m1/s1. The smallest absolute Gasteiger partial charge is 0.0185 e. The summed E-state index contributed by atoms with van der Waals surface area (Å²) in [4.78, 5) is 0. The maximum atomic E-state index is 3.52. The van der Waals surface area contributed by atoms with Gasteiger partial charge in [-0.1, -0.05) is 53.2 Å². The molecule has 1 rings (SSSR count). The van der Waals surface area contributed by atoms with E-state index in [0.29, 0.717) is 6.04 Å². The van der Waals surface area contributed by atoms with E-state index >= 15 is 0 Å². The lowest BCUT2D eigenvalue weighted by Crippen LogP contribution is -2.31. The monoisotopic (exact) mass is 255 g/mol. The van der Waals surface area contributed by atoms with Crippen molar-refractivity contribution in [3.8, 4) is 0 Å².